The average molecular weight is 416 g/mol. The second-order valence-electron chi connectivity index (χ2n) is 6.80. The standard InChI is InChI=1S/C19H18ClN5O4/c1-11-21-17(23-29-11)16-14-7-2-3-8-24(14)19(28)25(18(16)27)10-15(26)22-13-6-4-5-12(20)9-13/h4-6,9H,2-3,7-8,10H2,1H3,(H,22,26). The van der Waals surface area contributed by atoms with Crippen molar-refractivity contribution in [2.45, 2.75) is 39.3 Å². The first kappa shape index (κ1) is 19.1. The summed E-state index contributed by atoms with van der Waals surface area (Å²) in [5.74, 6) is -0.0781. The van der Waals surface area contributed by atoms with Crippen LogP contribution in [0.1, 0.15) is 24.4 Å². The molecular weight excluding hydrogens is 398 g/mol. The molecule has 29 heavy (non-hydrogen) atoms. The van der Waals surface area contributed by atoms with Gasteiger partial charge in [-0.2, -0.15) is 4.98 Å². The summed E-state index contributed by atoms with van der Waals surface area (Å²) in [6, 6.07) is 6.61. The van der Waals surface area contributed by atoms with Crippen LogP contribution in [0.4, 0.5) is 5.69 Å². The molecule has 0 saturated heterocycles. The van der Waals surface area contributed by atoms with Crippen LogP contribution in [0.2, 0.25) is 5.02 Å². The zero-order valence-electron chi connectivity index (χ0n) is 15.6. The number of halogens is 1. The number of amides is 1. The molecule has 1 aliphatic rings. The molecule has 0 aliphatic carbocycles. The minimum absolute atomic E-state index is 0.127. The Labute approximate surface area is 169 Å². The third-order valence-corrected chi connectivity index (χ3v) is 4.98. The van der Waals surface area contributed by atoms with Crippen molar-refractivity contribution in [3.05, 3.63) is 61.7 Å². The van der Waals surface area contributed by atoms with Crippen LogP contribution in [0.3, 0.4) is 0 Å². The first-order valence-corrected chi connectivity index (χ1v) is 9.54. The summed E-state index contributed by atoms with van der Waals surface area (Å²) in [5.41, 5.74) is 0.137. The number of hydrogen-bond acceptors (Lipinski definition) is 6. The largest absolute Gasteiger partial charge is 0.339 e. The number of rotatable bonds is 4. The van der Waals surface area contributed by atoms with Crippen molar-refractivity contribution in [3.63, 3.8) is 0 Å². The molecule has 0 fully saturated rings. The van der Waals surface area contributed by atoms with E-state index in [9.17, 15) is 14.4 Å². The van der Waals surface area contributed by atoms with Crippen molar-refractivity contribution >= 4 is 23.2 Å². The van der Waals surface area contributed by atoms with Crippen molar-refractivity contribution in [2.24, 2.45) is 0 Å². The number of carbonyl (C=O) groups excluding carboxylic acids is 1. The molecule has 0 radical (unpaired) electrons. The molecule has 3 heterocycles. The predicted octanol–water partition coefficient (Wildman–Crippen LogP) is 2.00. The number of fused-ring (bicyclic) bond motifs is 1. The monoisotopic (exact) mass is 415 g/mol. The van der Waals surface area contributed by atoms with Gasteiger partial charge >= 0.3 is 5.69 Å². The van der Waals surface area contributed by atoms with E-state index in [4.69, 9.17) is 16.1 Å². The molecule has 1 aromatic carbocycles. The minimum atomic E-state index is -0.606. The van der Waals surface area contributed by atoms with Gasteiger partial charge in [-0.05, 0) is 37.5 Å². The zero-order valence-corrected chi connectivity index (χ0v) is 16.4. The fourth-order valence-electron chi connectivity index (χ4n) is 3.47. The van der Waals surface area contributed by atoms with Gasteiger partial charge in [0.1, 0.15) is 12.1 Å². The van der Waals surface area contributed by atoms with Gasteiger partial charge in [-0.1, -0.05) is 22.8 Å². The van der Waals surface area contributed by atoms with Gasteiger partial charge in [-0.25, -0.2) is 4.79 Å². The van der Waals surface area contributed by atoms with E-state index in [-0.39, 0.29) is 11.4 Å². The SMILES string of the molecule is Cc1nc(-c2c3n(c(=O)n(CC(=O)Nc4cccc(Cl)c4)c2=O)CCCC3)no1. The Morgan fingerprint density at radius 3 is 2.86 bits per heavy atom. The predicted molar refractivity (Wildman–Crippen MR) is 106 cm³/mol. The van der Waals surface area contributed by atoms with E-state index in [1.807, 2.05) is 0 Å². The van der Waals surface area contributed by atoms with Crippen LogP contribution >= 0.6 is 11.6 Å². The number of aryl methyl sites for hydroxylation is 1. The van der Waals surface area contributed by atoms with E-state index in [0.29, 0.717) is 35.3 Å². The number of anilines is 1. The molecule has 0 spiro atoms. The summed E-state index contributed by atoms with van der Waals surface area (Å²) in [5, 5.41) is 6.96. The van der Waals surface area contributed by atoms with Crippen LogP contribution < -0.4 is 16.6 Å². The molecule has 9 nitrogen and oxygen atoms in total. The molecule has 1 aliphatic heterocycles. The molecule has 1 amide bonds. The molecule has 3 aromatic rings. The maximum atomic E-state index is 13.1. The van der Waals surface area contributed by atoms with Crippen LogP contribution in [0.15, 0.2) is 38.4 Å². The number of hydrogen-bond donors (Lipinski definition) is 1. The van der Waals surface area contributed by atoms with E-state index < -0.39 is 23.7 Å². The average Bonchev–Trinajstić information content (AvgIpc) is 3.11. The molecule has 10 heteroatoms. The first-order valence-electron chi connectivity index (χ1n) is 9.16. The highest BCUT2D eigenvalue weighted by Crippen LogP contribution is 2.21. The van der Waals surface area contributed by atoms with Crippen molar-refractivity contribution < 1.29 is 9.32 Å². The van der Waals surface area contributed by atoms with Crippen LogP contribution in [0, 0.1) is 6.92 Å². The number of aromatic nitrogens is 4. The van der Waals surface area contributed by atoms with Crippen LogP contribution in [0.5, 0.6) is 0 Å². The number of benzene rings is 1. The smallest absolute Gasteiger partial charge is 0.331 e. The Morgan fingerprint density at radius 2 is 2.14 bits per heavy atom. The number of nitrogens with zero attached hydrogens (tertiary/aromatic N) is 4. The molecule has 2 aromatic heterocycles. The van der Waals surface area contributed by atoms with E-state index in [2.05, 4.69) is 15.5 Å². The summed E-state index contributed by atoms with van der Waals surface area (Å²) in [4.78, 5) is 42.7. The van der Waals surface area contributed by atoms with Crippen LogP contribution in [-0.2, 0) is 24.3 Å². The maximum absolute atomic E-state index is 13.1. The highest BCUT2D eigenvalue weighted by Gasteiger charge is 2.26. The number of nitrogens with one attached hydrogen (secondary N) is 1. The molecule has 0 unspecified atom stereocenters. The van der Waals surface area contributed by atoms with E-state index >= 15 is 0 Å². The van der Waals surface area contributed by atoms with Crippen molar-refractivity contribution in [3.8, 4) is 11.4 Å². The van der Waals surface area contributed by atoms with E-state index in [1.165, 1.54) is 4.57 Å². The Kier molecular flexibility index (Phi) is 5.06. The second-order valence-corrected chi connectivity index (χ2v) is 7.24. The third-order valence-electron chi connectivity index (χ3n) is 4.74. The first-order chi connectivity index (χ1) is 13.9. The quantitative estimate of drug-likeness (QED) is 0.697. The molecule has 4 rings (SSSR count). The lowest BCUT2D eigenvalue weighted by Crippen LogP contribution is -2.45. The summed E-state index contributed by atoms with van der Waals surface area (Å²) in [7, 11) is 0. The van der Waals surface area contributed by atoms with Crippen LogP contribution in [-0.4, -0.2) is 25.2 Å². The summed E-state index contributed by atoms with van der Waals surface area (Å²) >= 11 is 5.93. The van der Waals surface area contributed by atoms with Gasteiger partial charge in [-0.3, -0.25) is 18.7 Å². The Balaban J connectivity index is 1.76. The summed E-state index contributed by atoms with van der Waals surface area (Å²) in [6.07, 6.45) is 2.22. The van der Waals surface area contributed by atoms with Crippen LogP contribution in [0.25, 0.3) is 11.4 Å². The summed E-state index contributed by atoms with van der Waals surface area (Å²) in [6.45, 7) is 1.65. The third kappa shape index (κ3) is 3.73. The molecule has 0 bridgehead atoms. The zero-order chi connectivity index (χ0) is 20.5. The lowest BCUT2D eigenvalue weighted by molar-refractivity contribution is -0.116. The highest BCUT2D eigenvalue weighted by molar-refractivity contribution is 6.30. The highest BCUT2D eigenvalue weighted by atomic mass is 35.5. The Hall–Kier alpha value is -3.20. The van der Waals surface area contributed by atoms with E-state index in [1.54, 1.807) is 31.2 Å². The molecular formula is C19H18ClN5O4. The van der Waals surface area contributed by atoms with E-state index in [0.717, 1.165) is 17.4 Å². The number of carbonyl (C=O) groups is 1. The molecule has 0 saturated carbocycles. The topological polar surface area (TPSA) is 112 Å². The molecule has 0 atom stereocenters. The van der Waals surface area contributed by atoms with Gasteiger partial charge in [0.05, 0.1) is 0 Å². The van der Waals surface area contributed by atoms with Crippen molar-refractivity contribution in [2.75, 3.05) is 5.32 Å². The van der Waals surface area contributed by atoms with Gasteiger partial charge in [0.2, 0.25) is 17.6 Å². The Morgan fingerprint density at radius 1 is 1.31 bits per heavy atom. The van der Waals surface area contributed by atoms with Gasteiger partial charge in [-0.15, -0.1) is 0 Å². The van der Waals surface area contributed by atoms with Crippen molar-refractivity contribution in [1.29, 1.82) is 0 Å². The minimum Gasteiger partial charge on any atom is -0.339 e. The van der Waals surface area contributed by atoms with Gasteiger partial charge in [0, 0.05) is 29.9 Å². The molecule has 150 valence electrons. The summed E-state index contributed by atoms with van der Waals surface area (Å²) < 4.78 is 7.46. The fourth-order valence-corrected chi connectivity index (χ4v) is 3.66. The molecule has 1 N–H and O–H groups in total. The normalized spacial score (nSPS) is 13.2. The fraction of sp³-hybridized carbons (Fsp3) is 0.316. The van der Waals surface area contributed by atoms with Gasteiger partial charge in [0.15, 0.2) is 0 Å². The lowest BCUT2D eigenvalue weighted by atomic mass is 10.0. The maximum Gasteiger partial charge on any atom is 0.331 e. The Bertz CT molecular complexity index is 1210. The lowest BCUT2D eigenvalue weighted by Gasteiger charge is -2.21. The van der Waals surface area contributed by atoms with Gasteiger partial charge in [0.25, 0.3) is 5.56 Å². The second kappa shape index (κ2) is 7.67. The van der Waals surface area contributed by atoms with Crippen molar-refractivity contribution in [1.82, 2.24) is 19.3 Å². The van der Waals surface area contributed by atoms with Gasteiger partial charge < -0.3 is 9.84 Å².